The van der Waals surface area contributed by atoms with Crippen molar-refractivity contribution in [1.82, 2.24) is 0 Å². The number of rotatable bonds is 9. The third-order valence-electron chi connectivity index (χ3n) is 5.89. The number of allylic oxidation sites excluding steroid dienone is 1. The third-order valence-corrected chi connectivity index (χ3v) is 11.3. The Balaban J connectivity index is 1.81. The van der Waals surface area contributed by atoms with Crippen molar-refractivity contribution >= 4 is 42.2 Å². The highest BCUT2D eigenvalue weighted by atomic mass is 35.5. The Kier molecular flexibility index (Phi) is 7.89. The minimum absolute atomic E-state index is 0.0399. The largest absolute Gasteiger partial charge is 0.407 e. The van der Waals surface area contributed by atoms with Crippen LogP contribution in [-0.2, 0) is 4.43 Å². The topological polar surface area (TPSA) is 26.3 Å². The molecule has 2 nitrogen and oxygen atoms in total. The summed E-state index contributed by atoms with van der Waals surface area (Å²) in [6.07, 6.45) is 2.42. The van der Waals surface area contributed by atoms with Gasteiger partial charge in [-0.15, -0.1) is 0 Å². The van der Waals surface area contributed by atoms with Gasteiger partial charge in [-0.25, -0.2) is 0 Å². The van der Waals surface area contributed by atoms with E-state index in [2.05, 4.69) is 88.0 Å². The van der Waals surface area contributed by atoms with E-state index in [-0.39, 0.29) is 5.04 Å². The molecular weight excluding hydrogens is 432 g/mol. The third kappa shape index (κ3) is 5.12. The van der Waals surface area contributed by atoms with Gasteiger partial charge in [0.15, 0.2) is 6.29 Å². The summed E-state index contributed by atoms with van der Waals surface area (Å²) in [7, 11) is -2.52. The quantitative estimate of drug-likeness (QED) is 0.205. The molecule has 166 valence electrons. The van der Waals surface area contributed by atoms with E-state index in [9.17, 15) is 4.79 Å². The van der Waals surface area contributed by atoms with Crippen LogP contribution in [-0.4, -0.2) is 21.2 Å². The number of benzene rings is 3. The first-order valence-corrected chi connectivity index (χ1v) is 13.3. The molecule has 3 aromatic rings. The molecule has 0 aliphatic rings. The molecule has 0 heterocycles. The van der Waals surface area contributed by atoms with Crippen molar-refractivity contribution in [2.75, 3.05) is 6.61 Å². The first-order valence-electron chi connectivity index (χ1n) is 11.0. The van der Waals surface area contributed by atoms with Gasteiger partial charge in [0.05, 0.1) is 5.02 Å². The average molecular weight is 463 g/mol. The maximum Gasteiger partial charge on any atom is 0.261 e. The summed E-state index contributed by atoms with van der Waals surface area (Å²) < 4.78 is 6.94. The van der Waals surface area contributed by atoms with Gasteiger partial charge in [0.25, 0.3) is 8.32 Å². The van der Waals surface area contributed by atoms with Crippen LogP contribution in [0.5, 0.6) is 0 Å². The molecule has 0 saturated heterocycles. The molecule has 0 radical (unpaired) electrons. The van der Waals surface area contributed by atoms with Gasteiger partial charge in [-0.1, -0.05) is 106 Å². The van der Waals surface area contributed by atoms with Crippen LogP contribution in [0.25, 0.3) is 5.57 Å². The summed E-state index contributed by atoms with van der Waals surface area (Å²) in [4.78, 5) is 11.2. The number of carbonyl (C=O) groups is 1. The van der Waals surface area contributed by atoms with E-state index < -0.39 is 8.32 Å². The number of hydrogen-bond acceptors (Lipinski definition) is 2. The Labute approximate surface area is 198 Å². The minimum atomic E-state index is -2.52. The lowest BCUT2D eigenvalue weighted by atomic mass is 10.0. The van der Waals surface area contributed by atoms with Crippen LogP contribution in [0.3, 0.4) is 0 Å². The van der Waals surface area contributed by atoms with E-state index in [0.717, 1.165) is 30.3 Å². The average Bonchev–Trinajstić information content (AvgIpc) is 2.79. The van der Waals surface area contributed by atoms with E-state index in [4.69, 9.17) is 16.0 Å². The Morgan fingerprint density at radius 3 is 2.03 bits per heavy atom. The molecule has 3 aromatic carbocycles. The fourth-order valence-electron chi connectivity index (χ4n) is 4.27. The Morgan fingerprint density at radius 2 is 1.53 bits per heavy atom. The molecule has 0 fully saturated rings. The van der Waals surface area contributed by atoms with E-state index in [1.807, 2.05) is 6.07 Å². The van der Waals surface area contributed by atoms with Crippen LogP contribution >= 0.6 is 11.6 Å². The smallest absolute Gasteiger partial charge is 0.261 e. The molecule has 32 heavy (non-hydrogen) atoms. The van der Waals surface area contributed by atoms with Gasteiger partial charge in [-0.2, -0.15) is 0 Å². The van der Waals surface area contributed by atoms with Gasteiger partial charge in [0.2, 0.25) is 0 Å². The van der Waals surface area contributed by atoms with Gasteiger partial charge < -0.3 is 4.43 Å². The van der Waals surface area contributed by atoms with Gasteiger partial charge in [0.1, 0.15) is 0 Å². The molecule has 0 bridgehead atoms. The van der Waals surface area contributed by atoms with E-state index >= 15 is 0 Å². The summed E-state index contributed by atoms with van der Waals surface area (Å²) in [5, 5.41) is 2.99. The fraction of sp³-hybridized carbons (Fsp3) is 0.250. The predicted octanol–water partition coefficient (Wildman–Crippen LogP) is 6.52. The lowest BCUT2D eigenvalue weighted by molar-refractivity contribution is 0.112. The standard InChI is InChI=1S/C28H31ClO2Si/c1-22(23-17-18-27(29)24(20-23)21-30)12-11-19-31-32(28(2,3)4,25-13-7-5-8-14-25)26-15-9-6-10-16-26/h5-10,13-18,20-21H,1,11-12,19H2,2-4H3. The second-order valence-corrected chi connectivity index (χ2v) is 13.8. The van der Waals surface area contributed by atoms with Crippen molar-refractivity contribution in [1.29, 1.82) is 0 Å². The van der Waals surface area contributed by atoms with Crippen molar-refractivity contribution in [2.24, 2.45) is 0 Å². The van der Waals surface area contributed by atoms with Crippen LogP contribution in [0.1, 0.15) is 49.5 Å². The monoisotopic (exact) mass is 462 g/mol. The van der Waals surface area contributed by atoms with E-state index in [1.54, 1.807) is 12.1 Å². The lowest BCUT2D eigenvalue weighted by Gasteiger charge is -2.43. The van der Waals surface area contributed by atoms with Crippen molar-refractivity contribution in [2.45, 2.75) is 38.7 Å². The Morgan fingerprint density at radius 1 is 0.969 bits per heavy atom. The van der Waals surface area contributed by atoms with Gasteiger partial charge in [-0.05, 0) is 51.5 Å². The normalized spacial score (nSPS) is 11.9. The maximum atomic E-state index is 11.2. The van der Waals surface area contributed by atoms with Crippen LogP contribution in [0.4, 0.5) is 0 Å². The van der Waals surface area contributed by atoms with Crippen molar-refractivity contribution in [3.63, 3.8) is 0 Å². The molecule has 0 spiro atoms. The molecule has 0 atom stereocenters. The highest BCUT2D eigenvalue weighted by molar-refractivity contribution is 6.99. The zero-order valence-corrected chi connectivity index (χ0v) is 20.9. The lowest BCUT2D eigenvalue weighted by Crippen LogP contribution is -2.66. The van der Waals surface area contributed by atoms with Crippen LogP contribution in [0.15, 0.2) is 85.4 Å². The van der Waals surface area contributed by atoms with Gasteiger partial charge >= 0.3 is 0 Å². The predicted molar refractivity (Wildman–Crippen MR) is 139 cm³/mol. The van der Waals surface area contributed by atoms with Crippen LogP contribution in [0, 0.1) is 0 Å². The van der Waals surface area contributed by atoms with E-state index in [0.29, 0.717) is 17.2 Å². The second kappa shape index (κ2) is 10.4. The van der Waals surface area contributed by atoms with Gasteiger partial charge in [0, 0.05) is 12.2 Å². The number of carbonyl (C=O) groups excluding carboxylic acids is 1. The Hall–Kier alpha value is -2.46. The van der Waals surface area contributed by atoms with Crippen LogP contribution < -0.4 is 10.4 Å². The summed E-state index contributed by atoms with van der Waals surface area (Å²) in [5.74, 6) is 0. The first-order chi connectivity index (χ1) is 15.3. The highest BCUT2D eigenvalue weighted by Crippen LogP contribution is 2.37. The highest BCUT2D eigenvalue weighted by Gasteiger charge is 2.49. The zero-order chi connectivity index (χ0) is 23.2. The number of halogens is 1. The molecular formula is C28H31ClO2Si. The van der Waals surface area contributed by atoms with Crippen molar-refractivity contribution in [3.8, 4) is 0 Å². The second-order valence-electron chi connectivity index (χ2n) is 9.07. The summed E-state index contributed by atoms with van der Waals surface area (Å²) in [6, 6.07) is 26.8. The molecule has 0 aliphatic heterocycles. The fourth-order valence-corrected chi connectivity index (χ4v) is 9.04. The molecule has 0 unspecified atom stereocenters. The number of hydrogen-bond donors (Lipinski definition) is 0. The molecule has 0 aliphatic carbocycles. The molecule has 0 saturated carbocycles. The first kappa shape index (κ1) is 24.2. The Bertz CT molecular complexity index is 1020. The molecule has 0 aromatic heterocycles. The van der Waals surface area contributed by atoms with E-state index in [1.165, 1.54) is 10.4 Å². The molecule has 3 rings (SSSR count). The van der Waals surface area contributed by atoms with Crippen molar-refractivity contribution in [3.05, 3.63) is 102 Å². The molecule has 0 amide bonds. The molecule has 4 heteroatoms. The number of aldehydes is 1. The molecule has 0 N–H and O–H groups in total. The van der Waals surface area contributed by atoms with Crippen molar-refractivity contribution < 1.29 is 9.22 Å². The van der Waals surface area contributed by atoms with Crippen LogP contribution in [0.2, 0.25) is 10.1 Å². The zero-order valence-electron chi connectivity index (χ0n) is 19.1. The summed E-state index contributed by atoms with van der Waals surface area (Å²) in [6.45, 7) is 11.7. The summed E-state index contributed by atoms with van der Waals surface area (Å²) >= 11 is 6.06. The summed E-state index contributed by atoms with van der Waals surface area (Å²) in [5.41, 5.74) is 2.42. The van der Waals surface area contributed by atoms with Gasteiger partial charge in [-0.3, -0.25) is 4.79 Å². The maximum absolute atomic E-state index is 11.2. The minimum Gasteiger partial charge on any atom is -0.407 e. The SMILES string of the molecule is C=C(CCCO[Si](c1ccccc1)(c1ccccc1)C(C)(C)C)c1ccc(Cl)c(C=O)c1.